The molecule has 3 aromatic rings. The number of nitrogens with one attached hydrogen (secondary N) is 3. The van der Waals surface area contributed by atoms with Crippen LogP contribution in [-0.2, 0) is 6.54 Å². The Morgan fingerprint density at radius 2 is 1.72 bits per heavy atom. The first-order valence-electron chi connectivity index (χ1n) is 8.08. The highest BCUT2D eigenvalue weighted by Gasteiger charge is 2.06. The van der Waals surface area contributed by atoms with Crippen molar-refractivity contribution in [1.29, 1.82) is 0 Å². The van der Waals surface area contributed by atoms with Crippen LogP contribution in [0.3, 0.4) is 0 Å². The van der Waals surface area contributed by atoms with Gasteiger partial charge in [-0.05, 0) is 36.2 Å². The molecular formula is C19H19BrN4O. The lowest BCUT2D eigenvalue weighted by Gasteiger charge is -2.06. The number of halogens is 1. The smallest absolute Gasteiger partial charge is 0.315 e. The molecule has 0 saturated carbocycles. The minimum Gasteiger partial charge on any atom is -0.338 e. The molecule has 0 saturated heterocycles. The van der Waals surface area contributed by atoms with Gasteiger partial charge in [0.25, 0.3) is 0 Å². The van der Waals surface area contributed by atoms with Crippen LogP contribution >= 0.6 is 15.9 Å². The van der Waals surface area contributed by atoms with Gasteiger partial charge in [-0.25, -0.2) is 4.79 Å². The van der Waals surface area contributed by atoms with Gasteiger partial charge in [-0.3, -0.25) is 5.10 Å². The molecule has 2 aromatic carbocycles. The molecule has 1 aromatic heterocycles. The van der Waals surface area contributed by atoms with Crippen molar-refractivity contribution in [1.82, 2.24) is 20.8 Å². The molecule has 0 unspecified atom stereocenters. The minimum absolute atomic E-state index is 0.153. The van der Waals surface area contributed by atoms with Gasteiger partial charge in [0.1, 0.15) is 0 Å². The van der Waals surface area contributed by atoms with E-state index in [9.17, 15) is 4.79 Å². The van der Waals surface area contributed by atoms with Gasteiger partial charge in [0.05, 0.1) is 11.4 Å². The summed E-state index contributed by atoms with van der Waals surface area (Å²) < 4.78 is 1.05. The number of carbonyl (C=O) groups is 1. The van der Waals surface area contributed by atoms with Crippen molar-refractivity contribution in [3.63, 3.8) is 0 Å². The number of benzene rings is 2. The summed E-state index contributed by atoms with van der Waals surface area (Å²) in [4.78, 5) is 11.4. The van der Waals surface area contributed by atoms with Crippen molar-refractivity contribution in [2.24, 2.45) is 0 Å². The second-order valence-corrected chi connectivity index (χ2v) is 6.50. The summed E-state index contributed by atoms with van der Waals surface area (Å²) in [6.07, 6.45) is 0. The molecule has 6 heteroatoms. The first-order chi connectivity index (χ1) is 12.2. The van der Waals surface area contributed by atoms with E-state index in [1.807, 2.05) is 61.5 Å². The zero-order valence-electron chi connectivity index (χ0n) is 13.8. The van der Waals surface area contributed by atoms with Gasteiger partial charge in [-0.1, -0.05) is 52.3 Å². The molecule has 0 spiro atoms. The molecule has 0 radical (unpaired) electrons. The molecular weight excluding hydrogens is 380 g/mol. The molecule has 25 heavy (non-hydrogen) atoms. The van der Waals surface area contributed by atoms with Gasteiger partial charge in [-0.2, -0.15) is 5.10 Å². The Balaban J connectivity index is 1.68. The molecule has 0 atom stereocenters. The third-order valence-electron chi connectivity index (χ3n) is 3.77. The van der Waals surface area contributed by atoms with Crippen molar-refractivity contribution in [3.05, 3.63) is 64.6 Å². The lowest BCUT2D eigenvalue weighted by atomic mass is 10.1. The average molecular weight is 399 g/mol. The highest BCUT2D eigenvalue weighted by atomic mass is 79.9. The molecule has 0 aliphatic rings. The minimum atomic E-state index is -0.153. The third kappa shape index (κ3) is 4.48. The maximum atomic E-state index is 11.4. The van der Waals surface area contributed by atoms with Gasteiger partial charge in [-0.15, -0.1) is 0 Å². The first-order valence-corrected chi connectivity index (χ1v) is 8.87. The number of carbonyl (C=O) groups excluding carboxylic acids is 1. The second-order valence-electron chi connectivity index (χ2n) is 5.58. The van der Waals surface area contributed by atoms with E-state index in [4.69, 9.17) is 0 Å². The van der Waals surface area contributed by atoms with E-state index < -0.39 is 0 Å². The first kappa shape index (κ1) is 17.2. The molecule has 0 aliphatic carbocycles. The number of amides is 2. The fourth-order valence-electron chi connectivity index (χ4n) is 2.45. The summed E-state index contributed by atoms with van der Waals surface area (Å²) in [6.45, 7) is 3.01. The van der Waals surface area contributed by atoms with Crippen LogP contribution < -0.4 is 10.6 Å². The monoisotopic (exact) mass is 398 g/mol. The molecule has 2 amide bonds. The molecule has 0 bridgehead atoms. The number of H-pyrrole nitrogens is 1. The van der Waals surface area contributed by atoms with Crippen molar-refractivity contribution in [2.45, 2.75) is 13.5 Å². The zero-order valence-corrected chi connectivity index (χ0v) is 15.4. The molecule has 0 fully saturated rings. The predicted octanol–water partition coefficient (Wildman–Crippen LogP) is 4.33. The van der Waals surface area contributed by atoms with E-state index in [0.29, 0.717) is 13.1 Å². The van der Waals surface area contributed by atoms with Crippen LogP contribution in [0.1, 0.15) is 12.5 Å². The summed E-state index contributed by atoms with van der Waals surface area (Å²) in [7, 11) is 0. The maximum absolute atomic E-state index is 11.4. The molecule has 0 aliphatic heterocycles. The molecule has 1 heterocycles. The van der Waals surface area contributed by atoms with Crippen molar-refractivity contribution in [2.75, 3.05) is 6.54 Å². The fourth-order valence-corrected chi connectivity index (χ4v) is 2.71. The Labute approximate surface area is 155 Å². The van der Waals surface area contributed by atoms with E-state index in [2.05, 4.69) is 36.8 Å². The van der Waals surface area contributed by atoms with Crippen molar-refractivity contribution < 1.29 is 4.79 Å². The van der Waals surface area contributed by atoms with E-state index in [1.54, 1.807) is 0 Å². The van der Waals surface area contributed by atoms with Gasteiger partial charge in [0, 0.05) is 23.1 Å². The summed E-state index contributed by atoms with van der Waals surface area (Å²) in [5.41, 5.74) is 5.03. The lowest BCUT2D eigenvalue weighted by Crippen LogP contribution is -2.34. The van der Waals surface area contributed by atoms with Crippen molar-refractivity contribution >= 4 is 22.0 Å². The lowest BCUT2D eigenvalue weighted by molar-refractivity contribution is 0.241. The number of hydrogen-bond acceptors (Lipinski definition) is 2. The molecule has 3 N–H and O–H groups in total. The normalized spacial score (nSPS) is 10.5. The van der Waals surface area contributed by atoms with Gasteiger partial charge in [0.15, 0.2) is 0 Å². The number of nitrogens with zero attached hydrogens (tertiary/aromatic N) is 1. The number of rotatable bonds is 5. The van der Waals surface area contributed by atoms with E-state index in [1.165, 1.54) is 0 Å². The number of urea groups is 1. The SMILES string of the molecule is CCNC(=O)NCc1ccc(-c2cc(-c3ccc(Br)cc3)n[nH]2)cc1. The third-order valence-corrected chi connectivity index (χ3v) is 4.30. The van der Waals surface area contributed by atoms with Gasteiger partial charge >= 0.3 is 6.03 Å². The zero-order chi connectivity index (χ0) is 17.6. The van der Waals surface area contributed by atoms with Gasteiger partial charge in [0.2, 0.25) is 0 Å². The number of hydrogen-bond donors (Lipinski definition) is 3. The van der Waals surface area contributed by atoms with Crippen LogP contribution in [0.15, 0.2) is 59.1 Å². The summed E-state index contributed by atoms with van der Waals surface area (Å²) in [6, 6.07) is 18.0. The van der Waals surface area contributed by atoms with E-state index in [0.717, 1.165) is 32.6 Å². The van der Waals surface area contributed by atoms with E-state index in [-0.39, 0.29) is 6.03 Å². The summed E-state index contributed by atoms with van der Waals surface area (Å²) >= 11 is 3.44. The second kappa shape index (κ2) is 7.98. The topological polar surface area (TPSA) is 69.8 Å². The van der Waals surface area contributed by atoms with Crippen LogP contribution in [0.4, 0.5) is 4.79 Å². The summed E-state index contributed by atoms with van der Waals surface area (Å²) in [5.74, 6) is 0. The predicted molar refractivity (Wildman–Crippen MR) is 103 cm³/mol. The Bertz CT molecular complexity index is 841. The van der Waals surface area contributed by atoms with Gasteiger partial charge < -0.3 is 10.6 Å². The molecule has 3 rings (SSSR count). The van der Waals surface area contributed by atoms with Crippen LogP contribution in [0, 0.1) is 0 Å². The average Bonchev–Trinajstić information content (AvgIpc) is 3.11. The Morgan fingerprint density at radius 3 is 2.40 bits per heavy atom. The van der Waals surface area contributed by atoms with E-state index >= 15 is 0 Å². The van der Waals surface area contributed by atoms with Crippen LogP contribution in [0.5, 0.6) is 0 Å². The standard InChI is InChI=1S/C19H19BrN4O/c1-2-21-19(25)22-12-13-3-5-14(6-4-13)17-11-18(24-23-17)15-7-9-16(20)10-8-15/h3-11H,2,12H2,1H3,(H,23,24)(H2,21,22,25). The Morgan fingerprint density at radius 1 is 1.04 bits per heavy atom. The molecule has 128 valence electrons. The van der Waals surface area contributed by atoms with Crippen molar-refractivity contribution in [3.8, 4) is 22.5 Å². The number of aromatic amines is 1. The number of aromatic nitrogens is 2. The van der Waals surface area contributed by atoms with Crippen LogP contribution in [0.2, 0.25) is 0 Å². The highest BCUT2D eigenvalue weighted by molar-refractivity contribution is 9.10. The van der Waals surface area contributed by atoms with Crippen LogP contribution in [-0.4, -0.2) is 22.8 Å². The summed E-state index contributed by atoms with van der Waals surface area (Å²) in [5, 5.41) is 13.0. The largest absolute Gasteiger partial charge is 0.338 e. The Kier molecular flexibility index (Phi) is 5.50. The molecule has 5 nitrogen and oxygen atoms in total. The highest BCUT2D eigenvalue weighted by Crippen LogP contribution is 2.25. The maximum Gasteiger partial charge on any atom is 0.315 e. The quantitative estimate of drug-likeness (QED) is 0.598. The van der Waals surface area contributed by atoms with Crippen LogP contribution in [0.25, 0.3) is 22.5 Å². The fraction of sp³-hybridized carbons (Fsp3) is 0.158. The Hall–Kier alpha value is -2.60.